The van der Waals surface area contributed by atoms with Crippen LogP contribution >= 0.6 is 11.8 Å². The Morgan fingerprint density at radius 1 is 1.67 bits per heavy atom. The van der Waals surface area contributed by atoms with Crippen molar-refractivity contribution in [1.29, 1.82) is 0 Å². The lowest BCUT2D eigenvalue weighted by Gasteiger charge is -2.42. The van der Waals surface area contributed by atoms with Gasteiger partial charge in [-0.15, -0.1) is 11.8 Å². The first-order chi connectivity index (χ1) is 6.84. The van der Waals surface area contributed by atoms with E-state index >= 15 is 0 Å². The molecule has 0 spiro atoms. The Bertz CT molecular complexity index is 331. The molecule has 0 radical (unpaired) electrons. The topological polar surface area (TPSA) is 83.6 Å². The monoisotopic (exact) mass is 230 g/mol. The number of rotatable bonds is 2. The molecule has 6 heteroatoms. The Hall–Kier alpha value is -0.750. The Labute approximate surface area is 92.0 Å². The Kier molecular flexibility index (Phi) is 2.24. The molecule has 2 aliphatic rings. The summed E-state index contributed by atoms with van der Waals surface area (Å²) >= 11 is 1.60. The van der Waals surface area contributed by atoms with Crippen molar-refractivity contribution in [1.82, 2.24) is 4.90 Å². The standard InChI is InChI=1S/C9H14N2O3S/c1-9(2)4(3-5(12)13)11-7(14)6(10)8(11)15-9/h4,6,8H,3,10H2,1-2H3,(H,12,13)/t4-,6+,8+/m0/s1. The predicted octanol–water partition coefficient (Wildman–Crippen LogP) is -0.149. The summed E-state index contributed by atoms with van der Waals surface area (Å²) in [4.78, 5) is 23.9. The fraction of sp³-hybridized carbons (Fsp3) is 0.778. The lowest BCUT2D eigenvalue weighted by atomic mass is 9.94. The number of carbonyl (C=O) groups is 2. The van der Waals surface area contributed by atoms with E-state index in [0.29, 0.717) is 0 Å². The number of β-lactam (4-membered cyclic amide) rings is 1. The fourth-order valence-electron chi connectivity index (χ4n) is 2.21. The second-order valence-electron chi connectivity index (χ2n) is 4.50. The fourth-order valence-corrected chi connectivity index (χ4v) is 3.81. The number of carboxylic acids is 1. The third kappa shape index (κ3) is 1.43. The van der Waals surface area contributed by atoms with Gasteiger partial charge in [0, 0.05) is 4.75 Å². The smallest absolute Gasteiger partial charge is 0.305 e. The van der Waals surface area contributed by atoms with Gasteiger partial charge in [-0.1, -0.05) is 0 Å². The van der Waals surface area contributed by atoms with Crippen LogP contribution < -0.4 is 5.73 Å². The van der Waals surface area contributed by atoms with Crippen LogP contribution in [0.4, 0.5) is 0 Å². The first-order valence-corrected chi connectivity index (χ1v) is 5.70. The summed E-state index contributed by atoms with van der Waals surface area (Å²) in [6, 6.07) is -0.689. The second-order valence-corrected chi connectivity index (χ2v) is 6.27. The molecule has 2 saturated heterocycles. The van der Waals surface area contributed by atoms with Gasteiger partial charge in [0.15, 0.2) is 0 Å². The van der Waals surface area contributed by atoms with Crippen molar-refractivity contribution in [2.75, 3.05) is 0 Å². The zero-order chi connectivity index (χ0) is 11.4. The van der Waals surface area contributed by atoms with Crippen LogP contribution in [0.5, 0.6) is 0 Å². The van der Waals surface area contributed by atoms with Gasteiger partial charge in [0.25, 0.3) is 0 Å². The van der Waals surface area contributed by atoms with Crippen molar-refractivity contribution < 1.29 is 14.7 Å². The molecule has 5 nitrogen and oxygen atoms in total. The minimum absolute atomic E-state index is 0.00500. The molecule has 3 N–H and O–H groups in total. The van der Waals surface area contributed by atoms with E-state index in [4.69, 9.17) is 10.8 Å². The molecular formula is C9H14N2O3S. The molecule has 0 aromatic carbocycles. The third-order valence-electron chi connectivity index (χ3n) is 3.05. The first-order valence-electron chi connectivity index (χ1n) is 4.82. The third-order valence-corrected chi connectivity index (χ3v) is 4.69. The van der Waals surface area contributed by atoms with Crippen LogP contribution in [0.1, 0.15) is 20.3 Å². The second kappa shape index (κ2) is 3.12. The van der Waals surface area contributed by atoms with Crippen molar-refractivity contribution in [3.63, 3.8) is 0 Å². The number of thioether (sulfide) groups is 1. The maximum absolute atomic E-state index is 11.5. The highest BCUT2D eigenvalue weighted by molar-refractivity contribution is 8.01. The average Bonchev–Trinajstić information content (AvgIpc) is 2.35. The highest BCUT2D eigenvalue weighted by Gasteiger charge is 2.60. The SMILES string of the molecule is CC1(C)S[C@@H]2[C@H](N)C(=O)N2[C@H]1CC(=O)O. The summed E-state index contributed by atoms with van der Waals surface area (Å²) in [5, 5.41) is 8.78. The van der Waals surface area contributed by atoms with Crippen molar-refractivity contribution in [3.8, 4) is 0 Å². The van der Waals surface area contributed by atoms with Crippen LogP contribution in [0.3, 0.4) is 0 Å². The quantitative estimate of drug-likeness (QED) is 0.645. The van der Waals surface area contributed by atoms with E-state index in [9.17, 15) is 9.59 Å². The van der Waals surface area contributed by atoms with Gasteiger partial charge in [0.05, 0.1) is 12.5 Å². The molecule has 2 heterocycles. The zero-order valence-electron chi connectivity index (χ0n) is 8.64. The molecule has 0 saturated carbocycles. The summed E-state index contributed by atoms with van der Waals surface area (Å²) in [6.45, 7) is 3.92. The number of amides is 1. The number of nitrogens with zero attached hydrogens (tertiary/aromatic N) is 1. The van der Waals surface area contributed by atoms with Crippen LogP contribution in [0.2, 0.25) is 0 Å². The Morgan fingerprint density at radius 3 is 2.80 bits per heavy atom. The van der Waals surface area contributed by atoms with Crippen LogP contribution in [0, 0.1) is 0 Å². The van der Waals surface area contributed by atoms with Crippen LogP contribution in [0.25, 0.3) is 0 Å². The summed E-state index contributed by atoms with van der Waals surface area (Å²) in [5.74, 6) is -0.994. The lowest BCUT2D eigenvalue weighted by Crippen LogP contribution is -2.67. The number of hydrogen-bond donors (Lipinski definition) is 2. The number of nitrogens with two attached hydrogens (primary N) is 1. The molecule has 84 valence electrons. The molecule has 2 fully saturated rings. The van der Waals surface area contributed by atoms with Gasteiger partial charge in [-0.05, 0) is 13.8 Å². The summed E-state index contributed by atoms with van der Waals surface area (Å²) < 4.78 is -0.229. The number of carboxylic acid groups (broad SMARTS) is 1. The average molecular weight is 230 g/mol. The van der Waals surface area contributed by atoms with Crippen molar-refractivity contribution in [2.24, 2.45) is 5.73 Å². The molecule has 0 aromatic rings. The van der Waals surface area contributed by atoms with E-state index in [1.54, 1.807) is 16.7 Å². The summed E-state index contributed by atoms with van der Waals surface area (Å²) in [6.07, 6.45) is -0.00500. The molecule has 2 aliphatic heterocycles. The summed E-state index contributed by atoms with van der Waals surface area (Å²) in [7, 11) is 0. The molecule has 2 rings (SSSR count). The highest BCUT2D eigenvalue weighted by Crippen LogP contribution is 2.51. The minimum Gasteiger partial charge on any atom is -0.481 e. The van der Waals surface area contributed by atoms with E-state index in [0.717, 1.165) is 0 Å². The van der Waals surface area contributed by atoms with Gasteiger partial charge in [0.2, 0.25) is 5.91 Å². The van der Waals surface area contributed by atoms with Crippen LogP contribution in [-0.4, -0.2) is 44.1 Å². The van der Waals surface area contributed by atoms with E-state index in [2.05, 4.69) is 0 Å². The molecule has 0 unspecified atom stereocenters. The van der Waals surface area contributed by atoms with Gasteiger partial charge in [-0.25, -0.2) is 0 Å². The Morgan fingerprint density at radius 2 is 2.27 bits per heavy atom. The van der Waals surface area contributed by atoms with Crippen molar-refractivity contribution >= 4 is 23.6 Å². The van der Waals surface area contributed by atoms with Crippen LogP contribution in [-0.2, 0) is 9.59 Å². The number of aliphatic carboxylic acids is 1. The van der Waals surface area contributed by atoms with E-state index < -0.39 is 12.0 Å². The number of hydrogen-bond acceptors (Lipinski definition) is 4. The van der Waals surface area contributed by atoms with Gasteiger partial charge in [-0.2, -0.15) is 0 Å². The van der Waals surface area contributed by atoms with Gasteiger partial charge >= 0.3 is 5.97 Å². The molecule has 0 bridgehead atoms. The first kappa shape index (κ1) is 10.8. The van der Waals surface area contributed by atoms with Crippen LogP contribution in [0.15, 0.2) is 0 Å². The number of carbonyl (C=O) groups excluding carboxylic acids is 1. The Balaban J connectivity index is 2.21. The molecule has 15 heavy (non-hydrogen) atoms. The zero-order valence-corrected chi connectivity index (χ0v) is 9.45. The maximum Gasteiger partial charge on any atom is 0.305 e. The molecule has 1 amide bonds. The maximum atomic E-state index is 11.5. The van der Waals surface area contributed by atoms with Crippen molar-refractivity contribution in [3.05, 3.63) is 0 Å². The number of fused-ring (bicyclic) bond motifs is 1. The predicted molar refractivity (Wildman–Crippen MR) is 56.3 cm³/mol. The molecule has 0 aromatic heterocycles. The normalized spacial score (nSPS) is 37.4. The lowest BCUT2D eigenvalue weighted by molar-refractivity contribution is -0.149. The van der Waals surface area contributed by atoms with E-state index in [1.165, 1.54) is 0 Å². The van der Waals surface area contributed by atoms with Crippen molar-refractivity contribution in [2.45, 2.75) is 42.5 Å². The molecular weight excluding hydrogens is 216 g/mol. The van der Waals surface area contributed by atoms with E-state index in [1.807, 2.05) is 13.8 Å². The van der Waals surface area contributed by atoms with Gasteiger partial charge < -0.3 is 15.7 Å². The van der Waals surface area contributed by atoms with Gasteiger partial charge in [-0.3, -0.25) is 9.59 Å². The highest BCUT2D eigenvalue weighted by atomic mass is 32.2. The minimum atomic E-state index is -0.873. The summed E-state index contributed by atoms with van der Waals surface area (Å²) in [5.41, 5.74) is 5.66. The largest absolute Gasteiger partial charge is 0.481 e. The van der Waals surface area contributed by atoms with E-state index in [-0.39, 0.29) is 28.5 Å². The molecule has 0 aliphatic carbocycles. The van der Waals surface area contributed by atoms with Gasteiger partial charge in [0.1, 0.15) is 11.4 Å². The molecule has 3 atom stereocenters.